The summed E-state index contributed by atoms with van der Waals surface area (Å²) in [7, 11) is 0. The van der Waals surface area contributed by atoms with E-state index >= 15 is 0 Å². The van der Waals surface area contributed by atoms with E-state index in [0.717, 1.165) is 32.2 Å². The number of imide groups is 1. The van der Waals surface area contributed by atoms with E-state index in [1.165, 1.54) is 11.0 Å². The predicted octanol–water partition coefficient (Wildman–Crippen LogP) is 5.75. The van der Waals surface area contributed by atoms with E-state index in [1.54, 1.807) is 6.08 Å². The van der Waals surface area contributed by atoms with Gasteiger partial charge in [0.2, 0.25) is 0 Å². The Morgan fingerprint density at radius 3 is 2.70 bits per heavy atom. The van der Waals surface area contributed by atoms with Crippen molar-refractivity contribution in [2.45, 2.75) is 6.61 Å². The molecule has 4 nitrogen and oxygen atoms in total. The van der Waals surface area contributed by atoms with E-state index in [9.17, 15) is 9.59 Å². The maximum Gasteiger partial charge on any atom is 0.293 e. The molecule has 7 heteroatoms. The van der Waals surface area contributed by atoms with Crippen molar-refractivity contribution in [2.75, 3.05) is 6.54 Å². The normalized spacial score (nSPS) is 15.5. The van der Waals surface area contributed by atoms with Crippen LogP contribution in [0.1, 0.15) is 11.1 Å². The molecule has 0 aromatic heterocycles. The number of rotatable bonds is 6. The number of nitrogens with zero attached hydrogens (tertiary/aromatic N) is 1. The van der Waals surface area contributed by atoms with E-state index < -0.39 is 0 Å². The molecule has 0 bridgehead atoms. The largest absolute Gasteiger partial charge is 0.488 e. The van der Waals surface area contributed by atoms with Crippen LogP contribution in [-0.2, 0) is 11.4 Å². The molecule has 0 aliphatic carbocycles. The van der Waals surface area contributed by atoms with Crippen LogP contribution in [0.25, 0.3) is 6.08 Å². The number of carbonyl (C=O) groups is 2. The Hall–Kier alpha value is -1.77. The second kappa shape index (κ2) is 8.95. The number of thioether (sulfide) groups is 1. The minimum absolute atomic E-state index is 0.217. The Kier molecular flexibility index (Phi) is 6.62. The summed E-state index contributed by atoms with van der Waals surface area (Å²) in [6, 6.07) is 13.1. The van der Waals surface area contributed by atoms with Crippen LogP contribution < -0.4 is 4.74 Å². The number of carbonyl (C=O) groups excluding carboxylic acids is 2. The van der Waals surface area contributed by atoms with Crippen molar-refractivity contribution < 1.29 is 14.3 Å². The Morgan fingerprint density at radius 1 is 1.22 bits per heavy atom. The highest BCUT2D eigenvalue weighted by atomic mass is 127. The van der Waals surface area contributed by atoms with Crippen molar-refractivity contribution in [3.63, 3.8) is 0 Å². The van der Waals surface area contributed by atoms with Crippen molar-refractivity contribution in [2.24, 2.45) is 0 Å². The highest BCUT2D eigenvalue weighted by Gasteiger charge is 2.34. The number of halogens is 2. The van der Waals surface area contributed by atoms with Crippen molar-refractivity contribution in [3.05, 3.63) is 79.7 Å². The summed E-state index contributed by atoms with van der Waals surface area (Å²) >= 11 is 9.27. The molecule has 0 N–H and O–H groups in total. The van der Waals surface area contributed by atoms with Gasteiger partial charge >= 0.3 is 0 Å². The lowest BCUT2D eigenvalue weighted by molar-refractivity contribution is -0.122. The smallest absolute Gasteiger partial charge is 0.293 e. The molecule has 1 aliphatic rings. The molecule has 2 amide bonds. The zero-order valence-electron chi connectivity index (χ0n) is 14.2. The van der Waals surface area contributed by atoms with Crippen molar-refractivity contribution >= 4 is 63.2 Å². The molecule has 138 valence electrons. The zero-order valence-corrected chi connectivity index (χ0v) is 17.9. The van der Waals surface area contributed by atoms with E-state index in [4.69, 9.17) is 16.3 Å². The molecule has 0 unspecified atom stereocenters. The summed E-state index contributed by atoms with van der Waals surface area (Å²) < 4.78 is 6.76. The Morgan fingerprint density at radius 2 is 2.00 bits per heavy atom. The average molecular weight is 512 g/mol. The summed E-state index contributed by atoms with van der Waals surface area (Å²) in [4.78, 5) is 25.8. The van der Waals surface area contributed by atoms with Gasteiger partial charge in [-0.3, -0.25) is 14.5 Å². The number of benzene rings is 2. The second-order valence-electron chi connectivity index (χ2n) is 5.65. The highest BCUT2D eigenvalue weighted by molar-refractivity contribution is 14.1. The molecule has 1 aliphatic heterocycles. The van der Waals surface area contributed by atoms with Gasteiger partial charge < -0.3 is 4.74 Å². The van der Waals surface area contributed by atoms with E-state index in [1.807, 2.05) is 42.5 Å². The quantitative estimate of drug-likeness (QED) is 0.282. The first kappa shape index (κ1) is 20.0. The van der Waals surface area contributed by atoms with Crippen LogP contribution in [0.2, 0.25) is 5.02 Å². The van der Waals surface area contributed by atoms with Gasteiger partial charge in [0.15, 0.2) is 0 Å². The lowest BCUT2D eigenvalue weighted by Gasteiger charge is -2.10. The van der Waals surface area contributed by atoms with E-state index in [2.05, 4.69) is 29.2 Å². The third-order valence-corrected chi connectivity index (χ3v) is 5.90. The third-order valence-electron chi connectivity index (χ3n) is 3.78. The molecule has 27 heavy (non-hydrogen) atoms. The number of hydrogen-bond acceptors (Lipinski definition) is 4. The van der Waals surface area contributed by atoms with E-state index in [-0.39, 0.29) is 17.7 Å². The molecular weight excluding hydrogens is 497 g/mol. The molecule has 1 fully saturated rings. The molecule has 0 spiro atoms. The Bertz CT molecular complexity index is 945. The maximum atomic E-state index is 12.3. The lowest BCUT2D eigenvalue weighted by atomic mass is 10.2. The van der Waals surface area contributed by atoms with Gasteiger partial charge in [-0.25, -0.2) is 0 Å². The van der Waals surface area contributed by atoms with Crippen molar-refractivity contribution in [1.29, 1.82) is 0 Å². The highest BCUT2D eigenvalue weighted by Crippen LogP contribution is 2.33. The van der Waals surface area contributed by atoms with Gasteiger partial charge in [-0.1, -0.05) is 41.9 Å². The van der Waals surface area contributed by atoms with Gasteiger partial charge in [0.1, 0.15) is 12.4 Å². The fourth-order valence-electron chi connectivity index (χ4n) is 2.43. The van der Waals surface area contributed by atoms with Gasteiger partial charge in [-0.2, -0.15) is 0 Å². The summed E-state index contributed by atoms with van der Waals surface area (Å²) in [5.41, 5.74) is 1.74. The van der Waals surface area contributed by atoms with Crippen LogP contribution in [0.15, 0.2) is 60.0 Å². The van der Waals surface area contributed by atoms with Crippen LogP contribution in [0.4, 0.5) is 4.79 Å². The monoisotopic (exact) mass is 511 g/mol. The molecule has 0 atom stereocenters. The first-order valence-corrected chi connectivity index (χ1v) is 10.3. The zero-order chi connectivity index (χ0) is 19.4. The average Bonchev–Trinajstić information content (AvgIpc) is 2.90. The maximum absolute atomic E-state index is 12.3. The Labute approximate surface area is 180 Å². The molecule has 0 saturated carbocycles. The van der Waals surface area contributed by atoms with Crippen LogP contribution in [0.5, 0.6) is 5.75 Å². The topological polar surface area (TPSA) is 46.6 Å². The molecule has 0 radical (unpaired) electrons. The van der Waals surface area contributed by atoms with Crippen LogP contribution >= 0.6 is 46.0 Å². The standard InChI is InChI=1S/C20H15ClINO3S/c1-2-9-23-19(24)18(27-20(23)25)11-13-7-8-17(16(22)10-13)26-12-14-5-3-4-6-15(14)21/h2-8,10-11H,1,9,12H2/b18-11+. The molecule has 1 saturated heterocycles. The fraction of sp³-hybridized carbons (Fsp3) is 0.100. The third kappa shape index (κ3) is 4.75. The minimum atomic E-state index is -0.293. The molecular formula is C20H15ClINO3S. The van der Waals surface area contributed by atoms with Gasteiger partial charge in [-0.15, -0.1) is 6.58 Å². The molecule has 2 aromatic carbocycles. The Balaban J connectivity index is 1.73. The van der Waals surface area contributed by atoms with Crippen LogP contribution in [0.3, 0.4) is 0 Å². The lowest BCUT2D eigenvalue weighted by Crippen LogP contribution is -2.27. The number of ether oxygens (including phenoxy) is 1. The first-order valence-electron chi connectivity index (χ1n) is 8.01. The molecule has 3 rings (SSSR count). The first-order chi connectivity index (χ1) is 13.0. The second-order valence-corrected chi connectivity index (χ2v) is 8.21. The molecule has 1 heterocycles. The van der Waals surface area contributed by atoms with Gasteiger partial charge in [0, 0.05) is 17.1 Å². The summed E-state index contributed by atoms with van der Waals surface area (Å²) in [6.45, 7) is 4.16. The van der Waals surface area contributed by atoms with Gasteiger partial charge in [0.05, 0.1) is 8.48 Å². The predicted molar refractivity (Wildman–Crippen MR) is 118 cm³/mol. The summed E-state index contributed by atoms with van der Waals surface area (Å²) in [6.07, 6.45) is 3.25. The van der Waals surface area contributed by atoms with Gasteiger partial charge in [0.25, 0.3) is 11.1 Å². The summed E-state index contributed by atoms with van der Waals surface area (Å²) in [5.74, 6) is 0.436. The van der Waals surface area contributed by atoms with Crippen molar-refractivity contribution in [1.82, 2.24) is 4.90 Å². The van der Waals surface area contributed by atoms with E-state index in [0.29, 0.717) is 16.5 Å². The number of amides is 2. The summed E-state index contributed by atoms with van der Waals surface area (Å²) in [5, 5.41) is 0.389. The molecule has 2 aromatic rings. The van der Waals surface area contributed by atoms with Crippen molar-refractivity contribution in [3.8, 4) is 5.75 Å². The minimum Gasteiger partial charge on any atom is -0.488 e. The fourth-order valence-corrected chi connectivity index (χ4v) is 4.17. The van der Waals surface area contributed by atoms with Crippen LogP contribution in [-0.4, -0.2) is 22.6 Å². The SMILES string of the molecule is C=CCN1C(=O)S/C(=C/c2ccc(OCc3ccccc3Cl)c(I)c2)C1=O. The van der Waals surface area contributed by atoms with Gasteiger partial charge in [-0.05, 0) is 64.2 Å². The van der Waals surface area contributed by atoms with Crippen LogP contribution in [0, 0.1) is 3.57 Å². The number of hydrogen-bond donors (Lipinski definition) is 0.